The molecule has 0 aromatic heterocycles. The third-order valence-corrected chi connectivity index (χ3v) is 9.21. The third kappa shape index (κ3) is 4.86. The molecule has 0 saturated carbocycles. The number of hydrogen-bond acceptors (Lipinski definition) is 4. The standard InChI is InChI=1S/C41H38O4/c1-27-24-30(15-17-37(27)44-22-8-20-42)41(31-16-18-38(28(2)25-31)45-23-9-21-43)19-7-10-29-26-36-34-13-4-3-11-32(34)33-12-5-6-14-35(33)39(36)40(29)41/h3-7,10-19,24-26,42-43H,8-9,20-23H2,1-2H3. The summed E-state index contributed by atoms with van der Waals surface area (Å²) in [7, 11) is 0. The molecule has 0 spiro atoms. The molecule has 45 heavy (non-hydrogen) atoms. The Labute approximate surface area is 263 Å². The summed E-state index contributed by atoms with van der Waals surface area (Å²) >= 11 is 0. The van der Waals surface area contributed by atoms with Crippen LogP contribution in [0.2, 0.25) is 0 Å². The highest BCUT2D eigenvalue weighted by Crippen LogP contribution is 2.49. The Morgan fingerprint density at radius 3 is 1.73 bits per heavy atom. The molecule has 0 radical (unpaired) electrons. The summed E-state index contributed by atoms with van der Waals surface area (Å²) < 4.78 is 12.1. The zero-order chi connectivity index (χ0) is 31.0. The molecule has 0 bridgehead atoms. The molecule has 5 aromatic rings. The minimum absolute atomic E-state index is 0.107. The van der Waals surface area contributed by atoms with Crippen molar-refractivity contribution in [1.29, 1.82) is 0 Å². The first kappa shape index (κ1) is 29.1. The van der Waals surface area contributed by atoms with Crippen molar-refractivity contribution in [2.45, 2.75) is 32.1 Å². The highest BCUT2D eigenvalue weighted by molar-refractivity contribution is 6.12. The van der Waals surface area contributed by atoms with Gasteiger partial charge in [0.2, 0.25) is 0 Å². The molecular formula is C41H38O4. The topological polar surface area (TPSA) is 58.9 Å². The summed E-state index contributed by atoms with van der Waals surface area (Å²) in [6, 6.07) is 30.6. The predicted molar refractivity (Wildman–Crippen MR) is 183 cm³/mol. The van der Waals surface area contributed by atoms with E-state index in [0.717, 1.165) is 33.8 Å². The monoisotopic (exact) mass is 594 g/mol. The van der Waals surface area contributed by atoms with Gasteiger partial charge in [-0.05, 0) is 97.4 Å². The first-order chi connectivity index (χ1) is 22.1. The van der Waals surface area contributed by atoms with Crippen LogP contribution in [0.5, 0.6) is 11.5 Å². The van der Waals surface area contributed by atoms with Crippen LogP contribution in [0.1, 0.15) is 35.1 Å². The van der Waals surface area contributed by atoms with Gasteiger partial charge in [0, 0.05) is 26.1 Å². The number of hydrogen-bond donors (Lipinski definition) is 2. The summed E-state index contributed by atoms with van der Waals surface area (Å²) in [5, 5.41) is 26.1. The third-order valence-electron chi connectivity index (χ3n) is 9.21. The zero-order valence-electron chi connectivity index (χ0n) is 25.8. The van der Waals surface area contributed by atoms with Crippen LogP contribution in [0.25, 0.3) is 33.2 Å². The van der Waals surface area contributed by atoms with Gasteiger partial charge >= 0.3 is 0 Å². The number of aryl methyl sites for hydroxylation is 2. The molecule has 0 amide bonds. The highest BCUT2D eigenvalue weighted by Gasteiger charge is 2.41. The normalized spacial score (nSPS) is 14.7. The van der Waals surface area contributed by atoms with Gasteiger partial charge in [-0.15, -0.1) is 0 Å². The van der Waals surface area contributed by atoms with E-state index in [2.05, 4.69) is 123 Å². The van der Waals surface area contributed by atoms with Crippen molar-refractivity contribution in [2.24, 2.45) is 0 Å². The largest absolute Gasteiger partial charge is 0.493 e. The fourth-order valence-electron chi connectivity index (χ4n) is 7.15. The average Bonchev–Trinajstić information content (AvgIpc) is 3.47. The summed E-state index contributed by atoms with van der Waals surface area (Å²) in [4.78, 5) is 0. The lowest BCUT2D eigenvalue weighted by molar-refractivity contribution is 0.232. The average molecular weight is 595 g/mol. The van der Waals surface area contributed by atoms with Crippen LogP contribution in [-0.4, -0.2) is 36.6 Å². The highest BCUT2D eigenvalue weighted by atomic mass is 16.5. The van der Waals surface area contributed by atoms with Gasteiger partial charge in [0.05, 0.1) is 18.6 Å². The minimum atomic E-state index is -0.583. The van der Waals surface area contributed by atoms with Crippen molar-refractivity contribution in [3.63, 3.8) is 0 Å². The lowest BCUT2D eigenvalue weighted by atomic mass is 9.64. The second-order valence-corrected chi connectivity index (χ2v) is 12.0. The Hall–Kier alpha value is -4.64. The molecule has 0 atom stereocenters. The Morgan fingerprint density at radius 2 is 1.18 bits per heavy atom. The second kappa shape index (κ2) is 12.0. The smallest absolute Gasteiger partial charge is 0.122 e. The molecule has 0 saturated heterocycles. The summed E-state index contributed by atoms with van der Waals surface area (Å²) in [6.45, 7) is 5.36. The van der Waals surface area contributed by atoms with Crippen molar-refractivity contribution >= 4 is 33.2 Å². The predicted octanol–water partition coefficient (Wildman–Crippen LogP) is 6.56. The number of benzene rings is 5. The van der Waals surface area contributed by atoms with Crippen LogP contribution in [-0.2, 0) is 5.41 Å². The Kier molecular flexibility index (Phi) is 7.78. The summed E-state index contributed by atoms with van der Waals surface area (Å²) in [5.74, 6) is 1.67. The van der Waals surface area contributed by atoms with Crippen molar-refractivity contribution in [2.75, 3.05) is 26.4 Å². The van der Waals surface area contributed by atoms with Crippen molar-refractivity contribution < 1.29 is 19.7 Å². The van der Waals surface area contributed by atoms with Gasteiger partial charge < -0.3 is 19.7 Å². The van der Waals surface area contributed by atoms with E-state index < -0.39 is 5.41 Å². The fraction of sp³-hybridized carbons (Fsp3) is 0.220. The second-order valence-electron chi connectivity index (χ2n) is 12.0. The quantitative estimate of drug-likeness (QED) is 0.142. The fourth-order valence-corrected chi connectivity index (χ4v) is 7.15. The molecule has 5 aromatic carbocycles. The van der Waals surface area contributed by atoms with E-state index in [0.29, 0.717) is 26.1 Å². The van der Waals surface area contributed by atoms with Crippen molar-refractivity contribution in [1.82, 2.24) is 0 Å². The van der Waals surface area contributed by atoms with Crippen molar-refractivity contribution in [3.8, 4) is 11.5 Å². The molecule has 0 unspecified atom stereocenters. The van der Waals surface area contributed by atoms with E-state index in [1.54, 1.807) is 0 Å². The molecule has 0 heterocycles. The molecule has 4 nitrogen and oxygen atoms in total. The van der Waals surface area contributed by atoms with Gasteiger partial charge in [-0.25, -0.2) is 0 Å². The lowest BCUT2D eigenvalue weighted by Crippen LogP contribution is -2.36. The molecule has 4 heteroatoms. The van der Waals surface area contributed by atoms with Crippen molar-refractivity contribution in [3.05, 3.63) is 141 Å². The molecule has 7 rings (SSSR count). The minimum Gasteiger partial charge on any atom is -0.493 e. The maximum Gasteiger partial charge on any atom is 0.122 e. The zero-order valence-corrected chi connectivity index (χ0v) is 25.8. The Bertz CT molecular complexity index is 2060. The maximum absolute atomic E-state index is 9.28. The lowest BCUT2D eigenvalue weighted by Gasteiger charge is -2.37. The molecule has 2 aliphatic rings. The van der Waals surface area contributed by atoms with Gasteiger partial charge in [-0.2, -0.15) is 0 Å². The van der Waals surface area contributed by atoms with Crippen LogP contribution < -0.4 is 19.9 Å². The van der Waals surface area contributed by atoms with Crippen LogP contribution >= 0.6 is 0 Å². The van der Waals surface area contributed by atoms with Gasteiger partial charge in [0.15, 0.2) is 0 Å². The molecule has 226 valence electrons. The number of ether oxygens (including phenoxy) is 2. The van der Waals surface area contributed by atoms with E-state index in [4.69, 9.17) is 9.47 Å². The molecule has 2 aliphatic carbocycles. The molecule has 0 fully saturated rings. The number of allylic oxidation sites excluding steroid dienone is 4. The number of rotatable bonds is 10. The Balaban J connectivity index is 1.54. The first-order valence-corrected chi connectivity index (χ1v) is 15.8. The maximum atomic E-state index is 9.28. The summed E-state index contributed by atoms with van der Waals surface area (Å²) in [6.07, 6.45) is 10.4. The SMILES string of the molecule is Cc1cc(C2(c3ccc(OCCCO)c(C)c3)C=CC=C3C=c4c(c5ccccc5c5ccccc45)=C32)ccc1OCCCO. The number of aliphatic hydroxyl groups is 2. The van der Waals surface area contributed by atoms with Gasteiger partial charge in [0.25, 0.3) is 0 Å². The Morgan fingerprint density at radius 1 is 0.644 bits per heavy atom. The first-order valence-electron chi connectivity index (χ1n) is 15.8. The van der Waals surface area contributed by atoms with Crippen LogP contribution in [0.15, 0.2) is 109 Å². The number of aliphatic hydroxyl groups excluding tert-OH is 2. The van der Waals surface area contributed by atoms with E-state index in [1.807, 2.05) is 0 Å². The van der Waals surface area contributed by atoms with Gasteiger partial charge in [-0.1, -0.05) is 91.0 Å². The molecule has 2 N–H and O–H groups in total. The van der Waals surface area contributed by atoms with Crippen LogP contribution in [0, 0.1) is 13.8 Å². The van der Waals surface area contributed by atoms with Crippen LogP contribution in [0.4, 0.5) is 0 Å². The van der Waals surface area contributed by atoms with Crippen LogP contribution in [0.3, 0.4) is 0 Å². The van der Waals surface area contributed by atoms with Gasteiger partial charge in [-0.3, -0.25) is 0 Å². The molecule has 0 aliphatic heterocycles. The summed E-state index contributed by atoms with van der Waals surface area (Å²) in [5.41, 5.74) is 6.36. The van der Waals surface area contributed by atoms with E-state index >= 15 is 0 Å². The molecular weight excluding hydrogens is 556 g/mol. The van der Waals surface area contributed by atoms with Gasteiger partial charge in [0.1, 0.15) is 11.5 Å². The van der Waals surface area contributed by atoms with E-state index in [1.165, 1.54) is 43.1 Å². The van der Waals surface area contributed by atoms with E-state index in [-0.39, 0.29) is 13.2 Å². The number of fused-ring (bicyclic) bond motifs is 7. The van der Waals surface area contributed by atoms with E-state index in [9.17, 15) is 10.2 Å².